The second-order valence-corrected chi connectivity index (χ2v) is 22.7. The van der Waals surface area contributed by atoms with Crippen molar-refractivity contribution >= 4 is 5.91 Å². The van der Waals surface area contributed by atoms with E-state index in [-0.39, 0.29) is 6.61 Å². The summed E-state index contributed by atoms with van der Waals surface area (Å²) in [6, 6.07) is -0.892. The summed E-state index contributed by atoms with van der Waals surface area (Å²) >= 11 is 0. The normalized spacial score (nSPS) is 19.5. The van der Waals surface area contributed by atoms with Gasteiger partial charge in [-0.05, 0) is 38.5 Å². The van der Waals surface area contributed by atoms with Crippen molar-refractivity contribution in [2.45, 2.75) is 371 Å². The van der Waals surface area contributed by atoms with Gasteiger partial charge in [-0.3, -0.25) is 4.79 Å². The first-order valence-corrected chi connectivity index (χ1v) is 32.0. The Kier molecular flexibility index (Phi) is 50.7. The number of rotatable bonds is 56. The van der Waals surface area contributed by atoms with Crippen LogP contribution < -0.4 is 5.32 Å². The number of unbranched alkanes of at least 4 members (excludes halogenated alkanes) is 43. The molecule has 1 fully saturated rings. The molecule has 1 rings (SSSR count). The summed E-state index contributed by atoms with van der Waals surface area (Å²) < 4.78 is 11.3. The number of carbonyl (C=O) groups excluding carboxylic acids is 1. The highest BCUT2D eigenvalue weighted by Crippen LogP contribution is 2.24. The van der Waals surface area contributed by atoms with Gasteiger partial charge in [-0.15, -0.1) is 0 Å². The molecule has 0 spiro atoms. The molecular formula is C63H123NO9. The number of hydrogen-bond acceptors (Lipinski definition) is 9. The summed E-state index contributed by atoms with van der Waals surface area (Å²) in [7, 11) is 0. The largest absolute Gasteiger partial charge is 0.394 e. The fourth-order valence-electron chi connectivity index (χ4n) is 10.6. The van der Waals surface area contributed by atoms with E-state index in [1.54, 1.807) is 0 Å². The monoisotopic (exact) mass is 1040 g/mol. The van der Waals surface area contributed by atoms with Gasteiger partial charge in [0.25, 0.3) is 0 Å². The Morgan fingerprint density at radius 1 is 0.452 bits per heavy atom. The number of allylic oxidation sites excluding steroid dienone is 2. The molecule has 0 radical (unpaired) electrons. The Morgan fingerprint density at radius 3 is 1.11 bits per heavy atom. The van der Waals surface area contributed by atoms with E-state index in [2.05, 4.69) is 31.3 Å². The van der Waals surface area contributed by atoms with Crippen LogP contribution in [0.15, 0.2) is 12.2 Å². The Hall–Kier alpha value is -1.11. The number of aliphatic hydroxyl groups excluding tert-OH is 6. The van der Waals surface area contributed by atoms with Gasteiger partial charge in [0, 0.05) is 0 Å². The van der Waals surface area contributed by atoms with Gasteiger partial charge in [-0.2, -0.15) is 0 Å². The van der Waals surface area contributed by atoms with Gasteiger partial charge in [0.2, 0.25) is 5.91 Å². The zero-order chi connectivity index (χ0) is 53.1. The number of hydrogen-bond donors (Lipinski definition) is 7. The molecule has 0 saturated carbocycles. The van der Waals surface area contributed by atoms with Crippen molar-refractivity contribution < 1.29 is 44.9 Å². The molecule has 1 saturated heterocycles. The third kappa shape index (κ3) is 41.6. The van der Waals surface area contributed by atoms with Gasteiger partial charge in [0.05, 0.1) is 25.4 Å². The molecule has 1 heterocycles. The lowest BCUT2D eigenvalue weighted by molar-refractivity contribution is -0.302. The molecule has 7 N–H and O–H groups in total. The smallest absolute Gasteiger partial charge is 0.249 e. The summed E-state index contributed by atoms with van der Waals surface area (Å²) in [5.41, 5.74) is 0. The third-order valence-corrected chi connectivity index (χ3v) is 15.7. The summed E-state index contributed by atoms with van der Waals surface area (Å²) in [4.78, 5) is 13.2. The average Bonchev–Trinajstić information content (AvgIpc) is 3.39. The first-order valence-electron chi connectivity index (χ1n) is 32.0. The maximum absolute atomic E-state index is 13.2. The molecule has 434 valence electrons. The van der Waals surface area contributed by atoms with Crippen molar-refractivity contribution in [3.63, 3.8) is 0 Å². The first-order chi connectivity index (χ1) is 35.8. The van der Waals surface area contributed by atoms with E-state index in [0.717, 1.165) is 38.5 Å². The summed E-state index contributed by atoms with van der Waals surface area (Å²) in [6.45, 7) is 3.72. The molecule has 0 bridgehead atoms. The van der Waals surface area contributed by atoms with Gasteiger partial charge < -0.3 is 45.4 Å². The Balaban J connectivity index is 2.13. The minimum Gasteiger partial charge on any atom is -0.394 e. The molecule has 10 nitrogen and oxygen atoms in total. The number of nitrogens with one attached hydrogen (secondary N) is 1. The lowest BCUT2D eigenvalue weighted by Gasteiger charge is -2.40. The minimum absolute atomic E-state index is 0.251. The van der Waals surface area contributed by atoms with Crippen molar-refractivity contribution in [3.8, 4) is 0 Å². The third-order valence-electron chi connectivity index (χ3n) is 15.7. The van der Waals surface area contributed by atoms with Crippen LogP contribution in [0.25, 0.3) is 0 Å². The van der Waals surface area contributed by atoms with E-state index in [4.69, 9.17) is 9.47 Å². The predicted octanol–water partition coefficient (Wildman–Crippen LogP) is 15.3. The zero-order valence-corrected chi connectivity index (χ0v) is 48.0. The summed E-state index contributed by atoms with van der Waals surface area (Å²) in [5, 5.41) is 65.3. The average molecular weight is 1040 g/mol. The molecule has 8 unspecified atom stereocenters. The van der Waals surface area contributed by atoms with Crippen LogP contribution in [0, 0.1) is 0 Å². The van der Waals surface area contributed by atoms with Crippen LogP contribution >= 0.6 is 0 Å². The van der Waals surface area contributed by atoms with Crippen LogP contribution in [0.4, 0.5) is 0 Å². The molecule has 0 aromatic carbocycles. The van der Waals surface area contributed by atoms with Gasteiger partial charge >= 0.3 is 0 Å². The fourth-order valence-corrected chi connectivity index (χ4v) is 10.6. The van der Waals surface area contributed by atoms with Gasteiger partial charge in [-0.25, -0.2) is 0 Å². The zero-order valence-electron chi connectivity index (χ0n) is 48.0. The van der Waals surface area contributed by atoms with Gasteiger partial charge in [0.1, 0.15) is 30.5 Å². The predicted molar refractivity (Wildman–Crippen MR) is 306 cm³/mol. The van der Waals surface area contributed by atoms with Crippen LogP contribution in [-0.2, 0) is 14.3 Å². The highest BCUT2D eigenvalue weighted by Gasteiger charge is 2.44. The second kappa shape index (κ2) is 52.9. The van der Waals surface area contributed by atoms with Crippen molar-refractivity contribution in [1.29, 1.82) is 0 Å². The van der Waals surface area contributed by atoms with Crippen LogP contribution in [0.3, 0.4) is 0 Å². The number of ether oxygens (including phenoxy) is 2. The highest BCUT2D eigenvalue weighted by molar-refractivity contribution is 5.80. The van der Waals surface area contributed by atoms with Crippen LogP contribution in [0.2, 0.25) is 0 Å². The van der Waals surface area contributed by atoms with Crippen molar-refractivity contribution in [2.24, 2.45) is 0 Å². The van der Waals surface area contributed by atoms with E-state index in [9.17, 15) is 35.4 Å². The van der Waals surface area contributed by atoms with Crippen molar-refractivity contribution in [3.05, 3.63) is 12.2 Å². The molecular weight excluding hydrogens is 915 g/mol. The summed E-state index contributed by atoms with van der Waals surface area (Å²) in [6.07, 6.45) is 55.8. The molecule has 1 aliphatic rings. The summed E-state index contributed by atoms with van der Waals surface area (Å²) in [5.74, 6) is -0.577. The van der Waals surface area contributed by atoms with Crippen molar-refractivity contribution in [1.82, 2.24) is 5.32 Å². The van der Waals surface area contributed by atoms with Crippen LogP contribution in [0.5, 0.6) is 0 Å². The fraction of sp³-hybridized carbons (Fsp3) is 0.952. The number of carbonyl (C=O) groups is 1. The van der Waals surface area contributed by atoms with E-state index < -0.39 is 61.5 Å². The molecule has 1 amide bonds. The Bertz CT molecular complexity index is 1170. The highest BCUT2D eigenvalue weighted by atomic mass is 16.7. The van der Waals surface area contributed by atoms with Crippen molar-refractivity contribution in [2.75, 3.05) is 13.2 Å². The lowest BCUT2D eigenvalue weighted by Crippen LogP contribution is -2.60. The Labute approximate surface area is 450 Å². The van der Waals surface area contributed by atoms with Crippen LogP contribution in [-0.4, -0.2) is 98.7 Å². The van der Waals surface area contributed by atoms with Gasteiger partial charge in [0.15, 0.2) is 6.29 Å². The maximum Gasteiger partial charge on any atom is 0.249 e. The molecule has 0 aliphatic carbocycles. The molecule has 0 aromatic heterocycles. The lowest BCUT2D eigenvalue weighted by atomic mass is 9.99. The van der Waals surface area contributed by atoms with Crippen LogP contribution in [0.1, 0.15) is 322 Å². The second-order valence-electron chi connectivity index (χ2n) is 22.7. The van der Waals surface area contributed by atoms with E-state index in [1.807, 2.05) is 0 Å². The molecule has 0 aromatic rings. The standard InChI is InChI=1S/C63H123NO9/c1-3-5-7-9-11-13-15-17-19-21-22-23-24-25-26-27-28-29-30-31-32-33-34-35-36-38-40-42-44-46-48-50-52-57(67)62(71)64-55(54-72-63-61(70)60(69)59(68)58(53-65)73-63)56(66)51-49-47-45-43-41-39-37-20-18-16-14-12-10-8-6-4-2/h25-26,55-61,63,65-70H,3-24,27-54H2,1-2H3,(H,64,71)/b26-25-. The molecule has 10 heteroatoms. The van der Waals surface area contributed by atoms with E-state index in [1.165, 1.54) is 257 Å². The van der Waals surface area contributed by atoms with Gasteiger partial charge in [-0.1, -0.05) is 296 Å². The maximum atomic E-state index is 13.2. The first kappa shape index (κ1) is 69.9. The molecule has 1 aliphatic heterocycles. The SMILES string of the molecule is CCCCCCCCCCCCCC/C=C\CCCCCCCCCCCCCCCCCCC(O)C(=O)NC(COC1OC(CO)C(O)C(O)C1O)C(O)CCCCCCCCCCCCCCCCCC. The van der Waals surface area contributed by atoms with E-state index in [0.29, 0.717) is 12.8 Å². The molecule has 8 atom stereocenters. The quantitative estimate of drug-likeness (QED) is 0.0232. The number of amides is 1. The number of aliphatic hydroxyl groups is 6. The Morgan fingerprint density at radius 2 is 0.767 bits per heavy atom. The van der Waals surface area contributed by atoms with E-state index >= 15 is 0 Å². The topological polar surface area (TPSA) is 169 Å². The molecule has 73 heavy (non-hydrogen) atoms. The minimum atomic E-state index is -1.60.